The molecule has 36 heavy (non-hydrogen) atoms. The molecule has 13 atom stereocenters. The molecule has 202 valence electrons. The van der Waals surface area contributed by atoms with Gasteiger partial charge in [-0.15, -0.1) is 0 Å². The molecule has 4 aliphatic carbocycles. The Hall–Kier alpha value is -1.49. The van der Waals surface area contributed by atoms with Gasteiger partial charge in [0.1, 0.15) is 17.7 Å². The van der Waals surface area contributed by atoms with E-state index in [1.807, 2.05) is 20.8 Å². The van der Waals surface area contributed by atoms with Crippen LogP contribution in [-0.2, 0) is 19.1 Å². The van der Waals surface area contributed by atoms with Crippen LogP contribution >= 0.6 is 0 Å². The molecule has 0 saturated heterocycles. The average molecular weight is 501 g/mol. The van der Waals surface area contributed by atoms with Crippen molar-refractivity contribution in [2.45, 2.75) is 100 Å². The third-order valence-corrected chi connectivity index (χ3v) is 12.1. The summed E-state index contributed by atoms with van der Waals surface area (Å²) >= 11 is 0. The van der Waals surface area contributed by atoms with Gasteiger partial charge in [-0.3, -0.25) is 14.4 Å². The number of aliphatic hydroxyl groups excluding tert-OH is 1. The Bertz CT molecular complexity index is 955. The highest BCUT2D eigenvalue weighted by Crippen LogP contribution is 2.73. The van der Waals surface area contributed by atoms with Gasteiger partial charge in [-0.05, 0) is 67.6 Å². The van der Waals surface area contributed by atoms with Crippen LogP contribution in [0.25, 0.3) is 0 Å². The van der Waals surface area contributed by atoms with Crippen molar-refractivity contribution in [3.05, 3.63) is 12.2 Å². The van der Waals surface area contributed by atoms with Crippen molar-refractivity contribution in [2.75, 3.05) is 0 Å². The number of hydrogen-bond acceptors (Lipinski definition) is 5. The molecule has 0 spiro atoms. The Kier molecular flexibility index (Phi) is 6.93. The molecule has 3 fully saturated rings. The lowest BCUT2D eigenvalue weighted by atomic mass is 9.32. The number of rotatable bonds is 4. The van der Waals surface area contributed by atoms with E-state index in [1.165, 1.54) is 6.92 Å². The van der Waals surface area contributed by atoms with Crippen LogP contribution in [0, 0.1) is 63.6 Å². The monoisotopic (exact) mass is 500 g/mol. The molecular weight excluding hydrogens is 452 g/mol. The zero-order chi connectivity index (χ0) is 27.0. The molecule has 0 radical (unpaired) electrons. The lowest BCUT2D eigenvalue weighted by Crippen LogP contribution is -2.76. The van der Waals surface area contributed by atoms with Gasteiger partial charge in [0.2, 0.25) is 0 Å². The summed E-state index contributed by atoms with van der Waals surface area (Å²) in [6, 6.07) is 0. The van der Waals surface area contributed by atoms with Gasteiger partial charge in [0, 0.05) is 22.7 Å². The summed E-state index contributed by atoms with van der Waals surface area (Å²) in [5, 5.41) is 12.1. The van der Waals surface area contributed by atoms with E-state index in [-0.39, 0.29) is 59.0 Å². The molecule has 0 aromatic rings. The number of carbonyl (C=O) groups is 3. The van der Waals surface area contributed by atoms with Crippen LogP contribution in [0.2, 0.25) is 0 Å². The Morgan fingerprint density at radius 3 is 2.33 bits per heavy atom. The minimum absolute atomic E-state index is 0.0269. The van der Waals surface area contributed by atoms with Crippen LogP contribution in [0.1, 0.15) is 88.0 Å². The molecule has 5 nitrogen and oxygen atoms in total. The molecule has 4 aliphatic rings. The minimum Gasteiger partial charge on any atom is -0.461 e. The van der Waals surface area contributed by atoms with Crippen molar-refractivity contribution in [1.29, 1.82) is 0 Å². The molecule has 0 heterocycles. The van der Waals surface area contributed by atoms with E-state index < -0.39 is 34.4 Å². The highest BCUT2D eigenvalue weighted by molar-refractivity contribution is 6.05. The fraction of sp³-hybridized carbons (Fsp3) is 0.839. The minimum atomic E-state index is -0.890. The second-order valence-corrected chi connectivity index (χ2v) is 13.6. The SMILES string of the molecule is CCCC(=O)OC1C2(C)C(C)C3CC=CC(C)C3C(O)C2C(C)C2(C)C(=O)C(C(C)=O)C(C)CC12C. The second kappa shape index (κ2) is 9.06. The molecule has 0 aromatic carbocycles. The molecule has 4 rings (SSSR count). The second-order valence-electron chi connectivity index (χ2n) is 13.6. The predicted molar refractivity (Wildman–Crippen MR) is 140 cm³/mol. The molecule has 0 aliphatic heterocycles. The zero-order valence-corrected chi connectivity index (χ0v) is 23.8. The maximum atomic E-state index is 14.4. The zero-order valence-electron chi connectivity index (χ0n) is 23.8. The topological polar surface area (TPSA) is 80.7 Å². The molecule has 0 bridgehead atoms. The van der Waals surface area contributed by atoms with Crippen molar-refractivity contribution in [3.63, 3.8) is 0 Å². The van der Waals surface area contributed by atoms with E-state index in [4.69, 9.17) is 4.74 Å². The van der Waals surface area contributed by atoms with Crippen LogP contribution in [0.5, 0.6) is 0 Å². The maximum absolute atomic E-state index is 14.4. The van der Waals surface area contributed by atoms with E-state index in [1.54, 1.807) is 0 Å². The molecule has 3 saturated carbocycles. The van der Waals surface area contributed by atoms with Crippen LogP contribution in [0.15, 0.2) is 12.2 Å². The lowest BCUT2D eigenvalue weighted by Gasteiger charge is -2.72. The number of ketones is 2. The first-order valence-corrected chi connectivity index (χ1v) is 14.3. The van der Waals surface area contributed by atoms with Crippen molar-refractivity contribution in [3.8, 4) is 0 Å². The van der Waals surface area contributed by atoms with Gasteiger partial charge in [-0.25, -0.2) is 0 Å². The van der Waals surface area contributed by atoms with Gasteiger partial charge in [-0.2, -0.15) is 0 Å². The molecule has 13 unspecified atom stereocenters. The van der Waals surface area contributed by atoms with E-state index in [9.17, 15) is 19.5 Å². The fourth-order valence-electron chi connectivity index (χ4n) is 10.1. The third-order valence-electron chi connectivity index (χ3n) is 12.1. The van der Waals surface area contributed by atoms with Crippen LogP contribution in [0.3, 0.4) is 0 Å². The van der Waals surface area contributed by atoms with E-state index in [0.29, 0.717) is 19.3 Å². The normalized spacial score (nSPS) is 52.1. The van der Waals surface area contributed by atoms with Crippen LogP contribution in [-0.4, -0.2) is 34.9 Å². The number of allylic oxidation sites excluding steroid dienone is 2. The molecule has 1 N–H and O–H groups in total. The first kappa shape index (κ1) is 27.5. The summed E-state index contributed by atoms with van der Waals surface area (Å²) in [5.74, 6) is -0.657. The summed E-state index contributed by atoms with van der Waals surface area (Å²) in [7, 11) is 0. The van der Waals surface area contributed by atoms with E-state index in [0.717, 1.165) is 6.42 Å². The quantitative estimate of drug-likeness (QED) is 0.307. The summed E-state index contributed by atoms with van der Waals surface area (Å²) in [5.41, 5.74) is -2.02. The molecule has 0 aromatic heterocycles. The summed E-state index contributed by atoms with van der Waals surface area (Å²) in [4.78, 5) is 40.2. The predicted octanol–water partition coefficient (Wildman–Crippen LogP) is 5.64. The number of Topliss-reactive ketones (excluding diaryl/α,β-unsaturated/α-hetero) is 2. The highest BCUT2D eigenvalue weighted by atomic mass is 16.5. The molecular formula is C31H48O5. The standard InChI is InChI=1S/C31H48O5/c1-10-12-22(33)36-28-29(7)15-17(3)23(20(6)32)27(35)31(29,9)19(5)25-26(34)24-16(2)13-11-14-21(24)18(4)30(25,28)8/h11,13,16-19,21,23-26,28,34H,10,12,14-15H2,1-9H3. The van der Waals surface area contributed by atoms with Gasteiger partial charge in [0.25, 0.3) is 0 Å². The third kappa shape index (κ3) is 3.39. The first-order valence-electron chi connectivity index (χ1n) is 14.3. The largest absolute Gasteiger partial charge is 0.461 e. The number of ether oxygens (including phenoxy) is 1. The van der Waals surface area contributed by atoms with Gasteiger partial charge in [-0.1, -0.05) is 67.5 Å². The van der Waals surface area contributed by atoms with Crippen molar-refractivity contribution in [1.82, 2.24) is 0 Å². The van der Waals surface area contributed by atoms with Gasteiger partial charge < -0.3 is 9.84 Å². The van der Waals surface area contributed by atoms with Crippen LogP contribution in [0.4, 0.5) is 0 Å². The number of carbonyl (C=O) groups excluding carboxylic acids is 3. The van der Waals surface area contributed by atoms with Crippen molar-refractivity contribution >= 4 is 17.5 Å². The van der Waals surface area contributed by atoms with E-state index in [2.05, 4.69) is 46.8 Å². The maximum Gasteiger partial charge on any atom is 0.306 e. The lowest BCUT2D eigenvalue weighted by molar-refractivity contribution is -0.295. The van der Waals surface area contributed by atoms with E-state index >= 15 is 0 Å². The Labute approximate surface area is 217 Å². The Morgan fingerprint density at radius 1 is 1.11 bits per heavy atom. The highest BCUT2D eigenvalue weighted by Gasteiger charge is 2.76. The van der Waals surface area contributed by atoms with Crippen LogP contribution < -0.4 is 0 Å². The number of hydrogen-bond donors (Lipinski definition) is 1. The van der Waals surface area contributed by atoms with Crippen molar-refractivity contribution in [2.24, 2.45) is 63.6 Å². The smallest absolute Gasteiger partial charge is 0.306 e. The average Bonchev–Trinajstić information content (AvgIpc) is 2.78. The van der Waals surface area contributed by atoms with Gasteiger partial charge in [0.05, 0.1) is 12.0 Å². The van der Waals surface area contributed by atoms with Gasteiger partial charge >= 0.3 is 5.97 Å². The Morgan fingerprint density at radius 2 is 1.75 bits per heavy atom. The van der Waals surface area contributed by atoms with Gasteiger partial charge in [0.15, 0.2) is 0 Å². The van der Waals surface area contributed by atoms with Crippen molar-refractivity contribution < 1.29 is 24.2 Å². The molecule has 5 heteroatoms. The molecule has 0 amide bonds. The fourth-order valence-corrected chi connectivity index (χ4v) is 10.1. The first-order chi connectivity index (χ1) is 16.7. The number of aliphatic hydroxyl groups is 1. The number of fused-ring (bicyclic) bond motifs is 3. The summed E-state index contributed by atoms with van der Waals surface area (Å²) in [6.07, 6.45) is 5.93. The Balaban J connectivity index is 1.95. The summed E-state index contributed by atoms with van der Waals surface area (Å²) in [6.45, 7) is 18.5. The summed E-state index contributed by atoms with van der Waals surface area (Å²) < 4.78 is 6.50. The number of esters is 1.